The number of nitrogens with one attached hydrogen (secondary N) is 1. The van der Waals surface area contributed by atoms with Gasteiger partial charge >= 0.3 is 0 Å². The molecule has 43 heavy (non-hydrogen) atoms. The molecule has 3 aromatic carbocycles. The Balaban J connectivity index is 1.57. The van der Waals surface area contributed by atoms with Crippen molar-refractivity contribution in [2.45, 2.75) is 45.7 Å². The van der Waals surface area contributed by atoms with Gasteiger partial charge in [0.2, 0.25) is 28.6 Å². The first-order chi connectivity index (χ1) is 20.5. The molecule has 1 aliphatic rings. The Labute approximate surface area is 258 Å². The minimum absolute atomic E-state index is 0.0346. The molecular formula is C32H38ClN3O6S. The van der Waals surface area contributed by atoms with Crippen LogP contribution in [0.15, 0.2) is 72.8 Å². The molecule has 0 aromatic heterocycles. The Bertz CT molecular complexity index is 1500. The Morgan fingerprint density at radius 3 is 2.33 bits per heavy atom. The molecule has 9 nitrogen and oxygen atoms in total. The van der Waals surface area contributed by atoms with Gasteiger partial charge in [0.1, 0.15) is 6.04 Å². The minimum Gasteiger partial charge on any atom is -0.454 e. The highest BCUT2D eigenvalue weighted by molar-refractivity contribution is 7.92. The quantitative estimate of drug-likeness (QED) is 0.269. The molecule has 11 heteroatoms. The van der Waals surface area contributed by atoms with Gasteiger partial charge in [-0.3, -0.25) is 13.9 Å². The fraction of sp³-hybridized carbons (Fsp3) is 0.375. The van der Waals surface area contributed by atoms with Crippen LogP contribution in [0.1, 0.15) is 37.8 Å². The monoisotopic (exact) mass is 627 g/mol. The standard InChI is InChI=1S/C32H38ClN3O6S/c1-23(2)20-34-32(38)28(18-24-8-5-4-6-9-24)35(21-25-11-13-26(33)14-12-25)31(37)10-7-17-36(43(3,39)40)27-15-16-29-30(19-27)42-22-41-29/h4-6,8-9,11-16,19,23,28H,7,10,17-18,20-22H2,1-3H3,(H,34,38). The van der Waals surface area contributed by atoms with E-state index in [0.29, 0.717) is 35.2 Å². The highest BCUT2D eigenvalue weighted by Crippen LogP contribution is 2.36. The number of anilines is 1. The van der Waals surface area contributed by atoms with E-state index in [9.17, 15) is 18.0 Å². The van der Waals surface area contributed by atoms with Crippen LogP contribution in [0.5, 0.6) is 11.5 Å². The number of ether oxygens (including phenoxy) is 2. The van der Waals surface area contributed by atoms with E-state index in [0.717, 1.165) is 17.4 Å². The van der Waals surface area contributed by atoms with Crippen LogP contribution in [-0.4, -0.2) is 57.3 Å². The topological polar surface area (TPSA) is 105 Å². The summed E-state index contributed by atoms with van der Waals surface area (Å²) in [7, 11) is -3.66. The minimum atomic E-state index is -3.66. The van der Waals surface area contributed by atoms with Crippen molar-refractivity contribution in [1.82, 2.24) is 10.2 Å². The number of sulfonamides is 1. The molecule has 3 aromatic rings. The van der Waals surface area contributed by atoms with Gasteiger partial charge in [-0.05, 0) is 47.7 Å². The number of halogens is 1. The van der Waals surface area contributed by atoms with E-state index in [1.54, 1.807) is 35.2 Å². The second kappa shape index (κ2) is 14.6. The number of rotatable bonds is 14. The zero-order valence-corrected chi connectivity index (χ0v) is 26.2. The normalized spacial score (nSPS) is 13.0. The van der Waals surface area contributed by atoms with Gasteiger partial charge in [-0.2, -0.15) is 0 Å². The zero-order chi connectivity index (χ0) is 31.0. The summed E-state index contributed by atoms with van der Waals surface area (Å²) in [5.74, 6) is 0.755. The molecule has 0 fully saturated rings. The van der Waals surface area contributed by atoms with Gasteiger partial charge in [-0.1, -0.05) is 67.9 Å². The first-order valence-electron chi connectivity index (χ1n) is 14.2. The highest BCUT2D eigenvalue weighted by atomic mass is 35.5. The van der Waals surface area contributed by atoms with Crippen LogP contribution in [0, 0.1) is 5.92 Å². The fourth-order valence-electron chi connectivity index (χ4n) is 4.81. The molecule has 2 amide bonds. The third-order valence-corrected chi connectivity index (χ3v) is 8.46. The smallest absolute Gasteiger partial charge is 0.243 e. The maximum absolute atomic E-state index is 13.9. The number of nitrogens with zero attached hydrogens (tertiary/aromatic N) is 2. The Morgan fingerprint density at radius 2 is 1.65 bits per heavy atom. The molecule has 4 rings (SSSR count). The lowest BCUT2D eigenvalue weighted by atomic mass is 10.0. The third kappa shape index (κ3) is 9.11. The molecule has 1 unspecified atom stereocenters. The molecule has 0 spiro atoms. The average molecular weight is 628 g/mol. The molecule has 1 atom stereocenters. The number of carbonyl (C=O) groups excluding carboxylic acids is 2. The Kier molecular flexibility index (Phi) is 10.9. The predicted molar refractivity (Wildman–Crippen MR) is 168 cm³/mol. The number of benzene rings is 3. The summed E-state index contributed by atoms with van der Waals surface area (Å²) in [6.07, 6.45) is 1.73. The number of amides is 2. The van der Waals surface area contributed by atoms with Crippen LogP contribution in [0.4, 0.5) is 5.69 Å². The van der Waals surface area contributed by atoms with Crippen molar-refractivity contribution in [3.8, 4) is 11.5 Å². The van der Waals surface area contributed by atoms with Crippen molar-refractivity contribution in [2.24, 2.45) is 5.92 Å². The van der Waals surface area contributed by atoms with Gasteiger partial charge < -0.3 is 19.7 Å². The largest absolute Gasteiger partial charge is 0.454 e. The van der Waals surface area contributed by atoms with Crippen molar-refractivity contribution < 1.29 is 27.5 Å². The van der Waals surface area contributed by atoms with E-state index < -0.39 is 16.1 Å². The molecule has 230 valence electrons. The fourth-order valence-corrected chi connectivity index (χ4v) is 5.89. The Morgan fingerprint density at radius 1 is 0.953 bits per heavy atom. The van der Waals surface area contributed by atoms with Crippen molar-refractivity contribution in [3.63, 3.8) is 0 Å². The maximum atomic E-state index is 13.9. The average Bonchev–Trinajstić information content (AvgIpc) is 3.44. The molecule has 1 N–H and O–H groups in total. The maximum Gasteiger partial charge on any atom is 0.243 e. The number of fused-ring (bicyclic) bond motifs is 1. The second-order valence-corrected chi connectivity index (χ2v) is 13.3. The first-order valence-corrected chi connectivity index (χ1v) is 16.5. The summed E-state index contributed by atoms with van der Waals surface area (Å²) in [6, 6.07) is 20.9. The van der Waals surface area contributed by atoms with E-state index in [1.165, 1.54) is 4.31 Å². The third-order valence-electron chi connectivity index (χ3n) is 7.02. The summed E-state index contributed by atoms with van der Waals surface area (Å²) in [5.41, 5.74) is 2.17. The lowest BCUT2D eigenvalue weighted by Gasteiger charge is -2.32. The van der Waals surface area contributed by atoms with Gasteiger partial charge in [-0.15, -0.1) is 0 Å². The van der Waals surface area contributed by atoms with E-state index in [4.69, 9.17) is 21.1 Å². The second-order valence-electron chi connectivity index (χ2n) is 11.0. The van der Waals surface area contributed by atoms with Gasteiger partial charge in [0.05, 0.1) is 11.9 Å². The molecule has 0 saturated carbocycles. The van der Waals surface area contributed by atoms with Gasteiger partial charge in [0.15, 0.2) is 11.5 Å². The summed E-state index contributed by atoms with van der Waals surface area (Å²) in [5, 5.41) is 3.58. The SMILES string of the molecule is CC(C)CNC(=O)C(Cc1ccccc1)N(Cc1ccc(Cl)cc1)C(=O)CCCN(c1ccc2c(c1)OCO2)S(C)(=O)=O. The summed E-state index contributed by atoms with van der Waals surface area (Å²) < 4.78 is 37.5. The molecule has 0 bridgehead atoms. The van der Waals surface area contributed by atoms with Crippen LogP contribution in [0.2, 0.25) is 5.02 Å². The lowest BCUT2D eigenvalue weighted by Crippen LogP contribution is -2.51. The van der Waals surface area contributed by atoms with Gasteiger partial charge in [-0.25, -0.2) is 8.42 Å². The zero-order valence-electron chi connectivity index (χ0n) is 24.7. The van der Waals surface area contributed by atoms with Gasteiger partial charge in [0.25, 0.3) is 0 Å². The number of hydrogen-bond acceptors (Lipinski definition) is 6. The molecule has 1 aliphatic heterocycles. The van der Waals surface area contributed by atoms with Crippen LogP contribution in [0.3, 0.4) is 0 Å². The molecular weight excluding hydrogens is 590 g/mol. The molecule has 0 saturated heterocycles. The number of hydrogen-bond donors (Lipinski definition) is 1. The molecule has 1 heterocycles. The Hall–Kier alpha value is -3.76. The summed E-state index contributed by atoms with van der Waals surface area (Å²) >= 11 is 6.11. The van der Waals surface area contributed by atoms with Crippen LogP contribution in [-0.2, 0) is 32.6 Å². The van der Waals surface area contributed by atoms with Crippen molar-refractivity contribution >= 4 is 39.1 Å². The lowest BCUT2D eigenvalue weighted by molar-refractivity contribution is -0.141. The van der Waals surface area contributed by atoms with Gasteiger partial charge in [0, 0.05) is 43.6 Å². The van der Waals surface area contributed by atoms with Crippen molar-refractivity contribution in [3.05, 3.63) is 88.9 Å². The molecule has 0 radical (unpaired) electrons. The van der Waals surface area contributed by atoms with Crippen LogP contribution >= 0.6 is 11.6 Å². The predicted octanol–water partition coefficient (Wildman–Crippen LogP) is 5.03. The number of carbonyl (C=O) groups is 2. The van der Waals surface area contributed by atoms with E-state index in [1.807, 2.05) is 56.3 Å². The highest BCUT2D eigenvalue weighted by Gasteiger charge is 2.31. The van der Waals surface area contributed by atoms with Crippen LogP contribution in [0.25, 0.3) is 0 Å². The van der Waals surface area contributed by atoms with E-state index >= 15 is 0 Å². The van der Waals surface area contributed by atoms with E-state index in [2.05, 4.69) is 5.32 Å². The van der Waals surface area contributed by atoms with Crippen molar-refractivity contribution in [2.75, 3.05) is 30.4 Å². The van der Waals surface area contributed by atoms with Crippen molar-refractivity contribution in [1.29, 1.82) is 0 Å². The summed E-state index contributed by atoms with van der Waals surface area (Å²) in [6.45, 7) is 4.84. The van der Waals surface area contributed by atoms with E-state index in [-0.39, 0.29) is 50.5 Å². The van der Waals surface area contributed by atoms with Crippen LogP contribution < -0.4 is 19.1 Å². The summed E-state index contributed by atoms with van der Waals surface area (Å²) in [4.78, 5) is 29.1. The molecule has 0 aliphatic carbocycles. The first kappa shape index (κ1) is 32.2.